The third kappa shape index (κ3) is 4.02. The van der Waals surface area contributed by atoms with Crippen molar-refractivity contribution >= 4 is 17.8 Å². The molecule has 2 aromatic carbocycles. The van der Waals surface area contributed by atoms with E-state index < -0.39 is 0 Å². The topological polar surface area (TPSA) is 43.6 Å². The van der Waals surface area contributed by atoms with E-state index in [4.69, 9.17) is 0 Å². The molecule has 0 saturated heterocycles. The van der Waals surface area contributed by atoms with Gasteiger partial charge >= 0.3 is 0 Å². The van der Waals surface area contributed by atoms with Gasteiger partial charge in [0.2, 0.25) is 0 Å². The molecule has 0 aliphatic heterocycles. The molecule has 0 bridgehead atoms. The third-order valence-corrected chi connectivity index (χ3v) is 4.95. The Kier molecular flexibility index (Phi) is 5.58. The normalized spacial score (nSPS) is 11.2. The zero-order valence-corrected chi connectivity index (χ0v) is 15.8. The van der Waals surface area contributed by atoms with Crippen LogP contribution in [0, 0.1) is 5.82 Å². The van der Waals surface area contributed by atoms with Crippen molar-refractivity contribution in [2.45, 2.75) is 5.16 Å². The zero-order chi connectivity index (χ0) is 19.2. The Morgan fingerprint density at radius 1 is 0.929 bits per heavy atom. The van der Waals surface area contributed by atoms with Crippen molar-refractivity contribution in [3.05, 3.63) is 96.6 Å². The lowest BCUT2D eigenvalue weighted by molar-refractivity contribution is 0.613. The standard InChI is InChI=1S/C22H17FN4S/c23-19-12-4-5-13-20(19)27-21(18-11-6-14-24-16-18)25-26-22(27)28-15-7-10-17-8-2-1-3-9-17/h1-14,16H,15H2. The van der Waals surface area contributed by atoms with Crippen molar-refractivity contribution in [1.29, 1.82) is 0 Å². The highest BCUT2D eigenvalue weighted by Crippen LogP contribution is 2.28. The van der Waals surface area contributed by atoms with Crippen LogP contribution >= 0.6 is 11.8 Å². The number of para-hydroxylation sites is 1. The summed E-state index contributed by atoms with van der Waals surface area (Å²) >= 11 is 1.50. The van der Waals surface area contributed by atoms with Crippen LogP contribution in [0.3, 0.4) is 0 Å². The molecule has 4 nitrogen and oxygen atoms in total. The molecule has 0 N–H and O–H groups in total. The SMILES string of the molecule is Fc1ccccc1-n1c(SCC=Cc2ccccc2)nnc1-c1cccnc1. The minimum absolute atomic E-state index is 0.325. The summed E-state index contributed by atoms with van der Waals surface area (Å²) in [5.41, 5.74) is 2.33. The quantitative estimate of drug-likeness (QED) is 0.422. The fourth-order valence-electron chi connectivity index (χ4n) is 2.77. The Balaban J connectivity index is 1.65. The van der Waals surface area contributed by atoms with Crippen LogP contribution in [0.5, 0.6) is 0 Å². The van der Waals surface area contributed by atoms with Gasteiger partial charge in [-0.3, -0.25) is 9.55 Å². The van der Waals surface area contributed by atoms with Gasteiger partial charge in [-0.2, -0.15) is 0 Å². The Bertz CT molecular complexity index is 1080. The summed E-state index contributed by atoms with van der Waals surface area (Å²) in [6.07, 6.45) is 7.51. The lowest BCUT2D eigenvalue weighted by Crippen LogP contribution is -2.02. The van der Waals surface area contributed by atoms with Crippen LogP contribution in [-0.2, 0) is 0 Å². The first-order chi connectivity index (χ1) is 13.8. The number of rotatable bonds is 6. The Morgan fingerprint density at radius 2 is 1.75 bits per heavy atom. The van der Waals surface area contributed by atoms with E-state index in [1.54, 1.807) is 35.2 Å². The first-order valence-electron chi connectivity index (χ1n) is 8.78. The van der Waals surface area contributed by atoms with Crippen molar-refractivity contribution < 1.29 is 4.39 Å². The molecule has 4 rings (SSSR count). The van der Waals surface area contributed by atoms with Gasteiger partial charge in [0.1, 0.15) is 5.82 Å². The maximum absolute atomic E-state index is 14.5. The molecule has 0 unspecified atom stereocenters. The van der Waals surface area contributed by atoms with E-state index in [1.807, 2.05) is 42.5 Å². The maximum Gasteiger partial charge on any atom is 0.196 e. The highest BCUT2D eigenvalue weighted by atomic mass is 32.2. The van der Waals surface area contributed by atoms with Crippen LogP contribution < -0.4 is 0 Å². The van der Waals surface area contributed by atoms with E-state index >= 15 is 0 Å². The molecule has 2 aromatic heterocycles. The molecule has 0 spiro atoms. The fourth-order valence-corrected chi connectivity index (χ4v) is 3.52. The van der Waals surface area contributed by atoms with Gasteiger partial charge < -0.3 is 0 Å². The largest absolute Gasteiger partial charge is 0.267 e. The first-order valence-corrected chi connectivity index (χ1v) is 9.76. The van der Waals surface area contributed by atoms with Crippen molar-refractivity contribution in [2.24, 2.45) is 0 Å². The summed E-state index contributed by atoms with van der Waals surface area (Å²) in [5.74, 6) is 0.927. The van der Waals surface area contributed by atoms with Crippen molar-refractivity contribution in [1.82, 2.24) is 19.7 Å². The summed E-state index contributed by atoms with van der Waals surface area (Å²) in [6, 6.07) is 20.4. The Hall–Kier alpha value is -3.25. The molecule has 28 heavy (non-hydrogen) atoms. The number of hydrogen-bond acceptors (Lipinski definition) is 4. The van der Waals surface area contributed by atoms with Gasteiger partial charge in [0, 0.05) is 23.7 Å². The Morgan fingerprint density at radius 3 is 2.54 bits per heavy atom. The van der Waals surface area contributed by atoms with Crippen molar-refractivity contribution in [3.8, 4) is 17.1 Å². The summed E-state index contributed by atoms with van der Waals surface area (Å²) < 4.78 is 16.3. The molecule has 2 heterocycles. The average Bonchev–Trinajstić information content (AvgIpc) is 3.16. The van der Waals surface area contributed by atoms with Crippen LogP contribution in [0.4, 0.5) is 4.39 Å². The monoisotopic (exact) mass is 388 g/mol. The first kappa shape index (κ1) is 18.1. The van der Waals surface area contributed by atoms with Gasteiger partial charge in [-0.1, -0.05) is 66.4 Å². The van der Waals surface area contributed by atoms with Crippen LogP contribution in [0.25, 0.3) is 23.2 Å². The van der Waals surface area contributed by atoms with Gasteiger partial charge in [-0.25, -0.2) is 4.39 Å². The van der Waals surface area contributed by atoms with Gasteiger partial charge in [-0.05, 0) is 29.8 Å². The molecule has 0 fully saturated rings. The average molecular weight is 388 g/mol. The molecular formula is C22H17FN4S. The van der Waals surface area contributed by atoms with Gasteiger partial charge in [0.15, 0.2) is 11.0 Å². The second kappa shape index (κ2) is 8.63. The number of halogens is 1. The van der Waals surface area contributed by atoms with E-state index in [0.717, 1.165) is 11.1 Å². The Labute approximate surface area is 166 Å². The summed E-state index contributed by atoms with van der Waals surface area (Å²) in [5, 5.41) is 9.23. The van der Waals surface area contributed by atoms with Crippen molar-refractivity contribution in [3.63, 3.8) is 0 Å². The molecule has 0 aliphatic rings. The van der Waals surface area contributed by atoms with E-state index in [1.165, 1.54) is 17.8 Å². The van der Waals surface area contributed by atoms with Crippen LogP contribution in [-0.4, -0.2) is 25.5 Å². The lowest BCUT2D eigenvalue weighted by atomic mass is 10.2. The van der Waals surface area contributed by atoms with E-state index in [2.05, 4.69) is 27.3 Å². The second-order valence-corrected chi connectivity index (χ2v) is 6.95. The molecular weight excluding hydrogens is 371 g/mol. The number of benzene rings is 2. The van der Waals surface area contributed by atoms with Gasteiger partial charge in [-0.15, -0.1) is 10.2 Å². The molecule has 138 valence electrons. The smallest absolute Gasteiger partial charge is 0.196 e. The maximum atomic E-state index is 14.5. The van der Waals surface area contributed by atoms with E-state index in [-0.39, 0.29) is 5.82 Å². The second-order valence-electron chi connectivity index (χ2n) is 5.96. The minimum Gasteiger partial charge on any atom is -0.267 e. The van der Waals surface area contributed by atoms with E-state index in [9.17, 15) is 4.39 Å². The van der Waals surface area contributed by atoms with Crippen LogP contribution in [0.1, 0.15) is 5.56 Å². The molecule has 6 heteroatoms. The van der Waals surface area contributed by atoms with Crippen LogP contribution in [0.2, 0.25) is 0 Å². The number of aromatic nitrogens is 4. The minimum atomic E-state index is -0.325. The highest BCUT2D eigenvalue weighted by molar-refractivity contribution is 7.99. The predicted octanol–water partition coefficient (Wildman–Crippen LogP) is 5.27. The molecule has 0 radical (unpaired) electrons. The molecule has 0 aliphatic carbocycles. The summed E-state index contributed by atoms with van der Waals surface area (Å²) in [7, 11) is 0. The summed E-state index contributed by atoms with van der Waals surface area (Å²) in [4.78, 5) is 4.14. The van der Waals surface area contributed by atoms with Gasteiger partial charge in [0.05, 0.1) is 5.69 Å². The molecule has 0 atom stereocenters. The molecule has 0 saturated carbocycles. The number of pyridine rings is 1. The fraction of sp³-hybridized carbons (Fsp3) is 0.0455. The number of nitrogens with zero attached hydrogens (tertiary/aromatic N) is 4. The van der Waals surface area contributed by atoms with E-state index in [0.29, 0.717) is 22.4 Å². The van der Waals surface area contributed by atoms with Crippen LogP contribution in [0.15, 0.2) is 90.4 Å². The number of thioether (sulfide) groups is 1. The lowest BCUT2D eigenvalue weighted by Gasteiger charge is -2.10. The highest BCUT2D eigenvalue weighted by Gasteiger charge is 2.18. The van der Waals surface area contributed by atoms with Crippen molar-refractivity contribution in [2.75, 3.05) is 5.75 Å². The third-order valence-electron chi connectivity index (χ3n) is 4.06. The molecule has 4 aromatic rings. The van der Waals surface area contributed by atoms with Gasteiger partial charge in [0.25, 0.3) is 0 Å². The summed E-state index contributed by atoms with van der Waals surface area (Å²) in [6.45, 7) is 0. The zero-order valence-electron chi connectivity index (χ0n) is 14.9. The molecule has 0 amide bonds. The number of hydrogen-bond donors (Lipinski definition) is 0. The predicted molar refractivity (Wildman–Crippen MR) is 111 cm³/mol.